The Morgan fingerprint density at radius 2 is 1.79 bits per heavy atom. The molecule has 0 radical (unpaired) electrons. The number of nitrogens with two attached hydrogens (primary N) is 2. The zero-order valence-electron chi connectivity index (χ0n) is 9.00. The number of nitrogen functional groups attached to an aromatic ring is 2. The van der Waals surface area contributed by atoms with E-state index in [1.807, 2.05) is 30.0 Å². The zero-order chi connectivity index (χ0) is 10.8. The van der Waals surface area contributed by atoms with Gasteiger partial charge in [0.15, 0.2) is 0 Å². The van der Waals surface area contributed by atoms with Gasteiger partial charge in [-0.3, -0.25) is 0 Å². The molecule has 0 spiro atoms. The zero-order valence-corrected chi connectivity index (χ0v) is 10.8. The average molecular weight is 226 g/mol. The molecule has 0 unspecified atom stereocenters. The third kappa shape index (κ3) is 3.63. The summed E-state index contributed by atoms with van der Waals surface area (Å²) in [6.45, 7) is 7.09. The van der Waals surface area contributed by atoms with Gasteiger partial charge in [-0.2, -0.15) is 0 Å². The Bertz CT molecular complexity index is 320. The maximum absolute atomic E-state index is 5.73. The highest BCUT2D eigenvalue weighted by Gasteiger charge is 2.13. The van der Waals surface area contributed by atoms with Crippen molar-refractivity contribution in [2.75, 3.05) is 16.8 Å². The van der Waals surface area contributed by atoms with Crippen LogP contribution >= 0.6 is 11.8 Å². The molecule has 0 amide bonds. The fourth-order valence-electron chi connectivity index (χ4n) is 0.942. The van der Waals surface area contributed by atoms with Crippen LogP contribution in [0.5, 0.6) is 0 Å². The Kier molecular flexibility index (Phi) is 3.50. The van der Waals surface area contributed by atoms with Gasteiger partial charge in [-0.15, -0.1) is 11.8 Å². The molecule has 1 aromatic carbocycles. The van der Waals surface area contributed by atoms with Crippen molar-refractivity contribution < 1.29 is 0 Å². The fourth-order valence-corrected chi connectivity index (χ4v) is 3.72. The van der Waals surface area contributed by atoms with Gasteiger partial charge < -0.3 is 11.5 Å². The first-order valence-corrected chi connectivity index (χ1v) is 9.35. The molecule has 0 aliphatic rings. The van der Waals surface area contributed by atoms with Crippen LogP contribution in [0.4, 0.5) is 11.4 Å². The summed E-state index contributed by atoms with van der Waals surface area (Å²) in [7, 11) is -0.980. The van der Waals surface area contributed by atoms with E-state index in [2.05, 4.69) is 19.6 Å². The molecule has 4 N–H and O–H groups in total. The first-order valence-electron chi connectivity index (χ1n) is 4.66. The monoisotopic (exact) mass is 226 g/mol. The van der Waals surface area contributed by atoms with Crippen LogP contribution in [-0.2, 0) is 0 Å². The molecular formula is C10H18N2SSi. The van der Waals surface area contributed by atoms with Crippen molar-refractivity contribution >= 4 is 31.2 Å². The van der Waals surface area contributed by atoms with Gasteiger partial charge in [0.05, 0.1) is 19.4 Å². The van der Waals surface area contributed by atoms with Crippen LogP contribution < -0.4 is 11.5 Å². The summed E-state index contributed by atoms with van der Waals surface area (Å²) in [6.07, 6.45) is 0. The van der Waals surface area contributed by atoms with E-state index in [0.717, 1.165) is 0 Å². The first kappa shape index (κ1) is 11.5. The van der Waals surface area contributed by atoms with Crippen molar-refractivity contribution in [2.24, 2.45) is 0 Å². The van der Waals surface area contributed by atoms with Gasteiger partial charge in [0.25, 0.3) is 0 Å². The summed E-state index contributed by atoms with van der Waals surface area (Å²) in [5.41, 5.74) is 12.7. The largest absolute Gasteiger partial charge is 0.397 e. The number of thioether (sulfide) groups is 1. The quantitative estimate of drug-likeness (QED) is 0.473. The van der Waals surface area contributed by atoms with E-state index in [4.69, 9.17) is 11.5 Å². The minimum Gasteiger partial charge on any atom is -0.397 e. The number of anilines is 2. The fraction of sp³-hybridized carbons (Fsp3) is 0.400. The van der Waals surface area contributed by atoms with E-state index < -0.39 is 8.07 Å². The molecule has 0 heterocycles. The van der Waals surface area contributed by atoms with E-state index in [1.54, 1.807) is 0 Å². The molecular weight excluding hydrogens is 208 g/mol. The minimum absolute atomic E-state index is 0.669. The Balaban J connectivity index is 2.65. The molecule has 14 heavy (non-hydrogen) atoms. The van der Waals surface area contributed by atoms with E-state index in [1.165, 1.54) is 10.3 Å². The number of benzene rings is 1. The second kappa shape index (κ2) is 4.27. The van der Waals surface area contributed by atoms with Crippen molar-refractivity contribution in [3.05, 3.63) is 18.2 Å². The highest BCUT2D eigenvalue weighted by Crippen LogP contribution is 2.26. The van der Waals surface area contributed by atoms with Crippen LogP contribution in [0.1, 0.15) is 0 Å². The second-order valence-electron chi connectivity index (χ2n) is 4.64. The lowest BCUT2D eigenvalue weighted by Crippen LogP contribution is -2.23. The normalized spacial score (nSPS) is 11.6. The second-order valence-corrected chi connectivity index (χ2v) is 11.7. The van der Waals surface area contributed by atoms with Crippen molar-refractivity contribution in [1.82, 2.24) is 0 Å². The van der Waals surface area contributed by atoms with E-state index in [9.17, 15) is 0 Å². The van der Waals surface area contributed by atoms with Crippen LogP contribution in [0, 0.1) is 0 Å². The Hall–Kier alpha value is -0.613. The maximum atomic E-state index is 5.73. The topological polar surface area (TPSA) is 52.0 Å². The van der Waals surface area contributed by atoms with Gasteiger partial charge in [0.2, 0.25) is 0 Å². The smallest absolute Gasteiger partial charge is 0.0559 e. The third-order valence-electron chi connectivity index (χ3n) is 1.73. The number of rotatable bonds is 3. The van der Waals surface area contributed by atoms with Crippen molar-refractivity contribution in [3.63, 3.8) is 0 Å². The van der Waals surface area contributed by atoms with E-state index in [0.29, 0.717) is 11.4 Å². The van der Waals surface area contributed by atoms with Crippen LogP contribution in [0.2, 0.25) is 19.6 Å². The molecule has 0 bridgehead atoms. The van der Waals surface area contributed by atoms with E-state index >= 15 is 0 Å². The molecule has 4 heteroatoms. The summed E-state index contributed by atoms with van der Waals surface area (Å²) in [5.74, 6) is 0. The molecule has 0 saturated carbocycles. The van der Waals surface area contributed by atoms with Crippen LogP contribution in [0.3, 0.4) is 0 Å². The molecule has 0 fully saturated rings. The molecule has 78 valence electrons. The lowest BCUT2D eigenvalue weighted by atomic mass is 10.3. The molecule has 1 aromatic rings. The number of hydrogen-bond acceptors (Lipinski definition) is 3. The lowest BCUT2D eigenvalue weighted by Gasteiger charge is -2.15. The number of hydrogen-bond donors (Lipinski definition) is 2. The molecule has 2 nitrogen and oxygen atoms in total. The molecule has 0 saturated heterocycles. The van der Waals surface area contributed by atoms with Gasteiger partial charge in [-0.1, -0.05) is 19.6 Å². The van der Waals surface area contributed by atoms with Crippen molar-refractivity contribution in [1.29, 1.82) is 0 Å². The van der Waals surface area contributed by atoms with Crippen LogP contribution in [-0.4, -0.2) is 13.5 Å². The van der Waals surface area contributed by atoms with Crippen LogP contribution in [0.25, 0.3) is 0 Å². The standard InChI is InChI=1S/C10H18N2SSi/c1-14(2,3)7-13-8-4-5-9(11)10(12)6-8/h4-6H,7,11-12H2,1-3H3. The van der Waals surface area contributed by atoms with E-state index in [-0.39, 0.29) is 0 Å². The van der Waals surface area contributed by atoms with Crippen molar-refractivity contribution in [3.8, 4) is 0 Å². The lowest BCUT2D eigenvalue weighted by molar-refractivity contribution is 1.46. The predicted molar refractivity (Wildman–Crippen MR) is 69.3 cm³/mol. The predicted octanol–water partition coefficient (Wildman–Crippen LogP) is 2.82. The first-order chi connectivity index (χ1) is 6.38. The molecule has 0 aromatic heterocycles. The Morgan fingerprint density at radius 1 is 1.14 bits per heavy atom. The SMILES string of the molecule is C[Si](C)(C)CSc1ccc(N)c(N)c1. The molecule has 1 rings (SSSR count). The Morgan fingerprint density at radius 3 is 2.29 bits per heavy atom. The van der Waals surface area contributed by atoms with Gasteiger partial charge in [0, 0.05) is 4.90 Å². The van der Waals surface area contributed by atoms with Gasteiger partial charge in [-0.05, 0) is 23.6 Å². The van der Waals surface area contributed by atoms with Gasteiger partial charge >= 0.3 is 0 Å². The van der Waals surface area contributed by atoms with Crippen molar-refractivity contribution in [2.45, 2.75) is 24.5 Å². The summed E-state index contributed by atoms with van der Waals surface area (Å²) in [4.78, 5) is 1.22. The summed E-state index contributed by atoms with van der Waals surface area (Å²) in [5, 5.41) is 1.22. The molecule has 0 aliphatic heterocycles. The highest BCUT2D eigenvalue weighted by atomic mass is 32.2. The Labute approximate surface area is 91.1 Å². The van der Waals surface area contributed by atoms with Crippen LogP contribution in [0.15, 0.2) is 23.1 Å². The summed E-state index contributed by atoms with van der Waals surface area (Å²) in [6, 6.07) is 5.87. The minimum atomic E-state index is -0.980. The maximum Gasteiger partial charge on any atom is 0.0559 e. The summed E-state index contributed by atoms with van der Waals surface area (Å²) < 4.78 is 0. The third-order valence-corrected chi connectivity index (χ3v) is 6.36. The molecule has 0 atom stereocenters. The summed E-state index contributed by atoms with van der Waals surface area (Å²) >= 11 is 1.88. The molecule has 0 aliphatic carbocycles. The highest BCUT2D eigenvalue weighted by molar-refractivity contribution is 8.01. The van der Waals surface area contributed by atoms with Gasteiger partial charge in [0.1, 0.15) is 0 Å². The average Bonchev–Trinajstić information content (AvgIpc) is 2.06. The van der Waals surface area contributed by atoms with Gasteiger partial charge in [-0.25, -0.2) is 0 Å².